The van der Waals surface area contributed by atoms with Gasteiger partial charge in [-0.2, -0.15) is 13.9 Å². The number of hydrogen-bond donors (Lipinski definition) is 0. The molecule has 0 spiro atoms. The lowest BCUT2D eigenvalue weighted by Gasteiger charge is -2.16. The van der Waals surface area contributed by atoms with Crippen molar-refractivity contribution in [1.29, 1.82) is 0 Å². The Labute approximate surface area is 189 Å². The Hall–Kier alpha value is -2.27. The molecule has 1 aromatic carbocycles. The highest BCUT2D eigenvalue weighted by Crippen LogP contribution is 2.38. The molecule has 12 heteroatoms. The number of alkyl halides is 2. The molecule has 0 bridgehead atoms. The van der Waals surface area contributed by atoms with Crippen LogP contribution in [0.3, 0.4) is 0 Å². The maximum Gasteiger partial charge on any atom is 0.388 e. The molecule has 1 unspecified atom stereocenters. The van der Waals surface area contributed by atoms with Crippen LogP contribution in [-0.4, -0.2) is 34.6 Å². The Morgan fingerprint density at radius 1 is 1.23 bits per heavy atom. The molecule has 0 amide bonds. The Bertz CT molecular complexity index is 984. The molecular formula is C19H19BrClF3N2O5. The molecule has 1 atom stereocenters. The minimum Gasteiger partial charge on any atom is -0.425 e. The average Bonchev–Trinajstić information content (AvgIpc) is 2.88. The maximum atomic E-state index is 14.6. The summed E-state index contributed by atoms with van der Waals surface area (Å²) in [6.07, 6.45) is -1.07. The van der Waals surface area contributed by atoms with Gasteiger partial charge < -0.3 is 14.2 Å². The smallest absolute Gasteiger partial charge is 0.388 e. The van der Waals surface area contributed by atoms with Gasteiger partial charge in [-0.05, 0) is 34.0 Å². The van der Waals surface area contributed by atoms with Crippen molar-refractivity contribution in [2.45, 2.75) is 40.1 Å². The first-order valence-electron chi connectivity index (χ1n) is 8.97. The van der Waals surface area contributed by atoms with Crippen LogP contribution in [-0.2, 0) is 21.3 Å². The fraction of sp³-hybridized carbons (Fsp3) is 0.421. The van der Waals surface area contributed by atoms with E-state index in [1.165, 1.54) is 14.0 Å². The Morgan fingerprint density at radius 2 is 1.87 bits per heavy atom. The minimum absolute atomic E-state index is 0.0492. The normalized spacial score (nSPS) is 12.2. The first kappa shape index (κ1) is 25.0. The van der Waals surface area contributed by atoms with Gasteiger partial charge >= 0.3 is 18.6 Å². The lowest BCUT2D eigenvalue weighted by Crippen LogP contribution is -2.22. The zero-order chi connectivity index (χ0) is 23.5. The molecule has 2 rings (SSSR count). The highest BCUT2D eigenvalue weighted by Gasteiger charge is 2.25. The Balaban J connectivity index is 2.31. The number of esters is 2. The average molecular weight is 528 g/mol. The van der Waals surface area contributed by atoms with Crippen LogP contribution in [0.1, 0.15) is 37.6 Å². The monoisotopic (exact) mass is 526 g/mol. The summed E-state index contributed by atoms with van der Waals surface area (Å²) < 4.78 is 55.1. The number of aryl methyl sites for hydroxylation is 1. The van der Waals surface area contributed by atoms with E-state index in [1.54, 1.807) is 0 Å². The number of hydrogen-bond acceptors (Lipinski definition) is 6. The number of benzene rings is 1. The van der Waals surface area contributed by atoms with Gasteiger partial charge in [0.15, 0.2) is 0 Å². The van der Waals surface area contributed by atoms with Crippen LogP contribution in [0.4, 0.5) is 13.2 Å². The summed E-state index contributed by atoms with van der Waals surface area (Å²) in [6, 6.07) is 1.92. The molecule has 0 radical (unpaired) electrons. The Morgan fingerprint density at radius 3 is 2.45 bits per heavy atom. The van der Waals surface area contributed by atoms with Gasteiger partial charge in [-0.3, -0.25) is 4.79 Å². The summed E-state index contributed by atoms with van der Waals surface area (Å²) in [7, 11) is 1.32. The third-order valence-electron chi connectivity index (χ3n) is 3.82. The second-order valence-corrected chi connectivity index (χ2v) is 8.04. The topological polar surface area (TPSA) is 79.7 Å². The summed E-state index contributed by atoms with van der Waals surface area (Å²) in [5, 5.41) is 3.70. The molecule has 0 aliphatic rings. The van der Waals surface area contributed by atoms with Crippen LogP contribution in [0.5, 0.6) is 5.88 Å². The van der Waals surface area contributed by atoms with Crippen LogP contribution in [0.2, 0.25) is 5.02 Å². The molecule has 0 N–H and O–H groups in total. The molecule has 2 aromatic rings. The standard InChI is InChI=1S/C19H19BrClF3N2O5/c1-8(2)5-14(27)29-9(3)30-18(28)10-6-11(13(22)7-12(10)21)16-15(20)17(26(4)25-16)31-19(23)24/h6-9,19H,5H2,1-4H3. The lowest BCUT2D eigenvalue weighted by molar-refractivity contribution is -0.166. The van der Waals surface area contributed by atoms with Crippen molar-refractivity contribution in [3.8, 4) is 17.1 Å². The van der Waals surface area contributed by atoms with E-state index in [2.05, 4.69) is 25.8 Å². The molecule has 0 aliphatic heterocycles. The number of rotatable bonds is 8. The Kier molecular flexibility index (Phi) is 8.35. The minimum atomic E-state index is -3.12. The summed E-state index contributed by atoms with van der Waals surface area (Å²) >= 11 is 9.03. The van der Waals surface area contributed by atoms with Crippen LogP contribution in [0.15, 0.2) is 16.6 Å². The first-order valence-corrected chi connectivity index (χ1v) is 10.1. The molecule has 31 heavy (non-hydrogen) atoms. The summed E-state index contributed by atoms with van der Waals surface area (Å²) in [5.41, 5.74) is -0.552. The molecule has 0 fully saturated rings. The van der Waals surface area contributed by atoms with Gasteiger partial charge in [-0.15, -0.1) is 0 Å². The molecule has 170 valence electrons. The van der Waals surface area contributed by atoms with Crippen molar-refractivity contribution in [3.05, 3.63) is 33.0 Å². The van der Waals surface area contributed by atoms with Crippen LogP contribution < -0.4 is 4.74 Å². The molecule has 1 heterocycles. The third-order valence-corrected chi connectivity index (χ3v) is 4.84. The number of carbonyl (C=O) groups excluding carboxylic acids is 2. The van der Waals surface area contributed by atoms with E-state index >= 15 is 0 Å². The van der Waals surface area contributed by atoms with E-state index in [1.807, 2.05) is 13.8 Å². The molecule has 0 saturated heterocycles. The van der Waals surface area contributed by atoms with E-state index in [4.69, 9.17) is 21.1 Å². The summed E-state index contributed by atoms with van der Waals surface area (Å²) in [6.45, 7) is 1.87. The van der Waals surface area contributed by atoms with Crippen molar-refractivity contribution in [2.24, 2.45) is 13.0 Å². The van der Waals surface area contributed by atoms with Crippen LogP contribution >= 0.6 is 27.5 Å². The number of aromatic nitrogens is 2. The molecule has 0 aliphatic carbocycles. The number of halogens is 5. The van der Waals surface area contributed by atoms with Crippen molar-refractivity contribution >= 4 is 39.5 Å². The zero-order valence-corrected chi connectivity index (χ0v) is 19.3. The fourth-order valence-electron chi connectivity index (χ4n) is 2.56. The van der Waals surface area contributed by atoms with E-state index < -0.39 is 30.7 Å². The van der Waals surface area contributed by atoms with Gasteiger partial charge in [0.25, 0.3) is 0 Å². The summed E-state index contributed by atoms with van der Waals surface area (Å²) in [4.78, 5) is 24.2. The highest BCUT2D eigenvalue weighted by atomic mass is 79.9. The molecule has 7 nitrogen and oxygen atoms in total. The number of carbonyl (C=O) groups is 2. The first-order chi connectivity index (χ1) is 14.4. The summed E-state index contributed by atoms with van der Waals surface area (Å²) in [5.74, 6) is -2.67. The van der Waals surface area contributed by atoms with E-state index in [-0.39, 0.29) is 44.5 Å². The molecule has 0 saturated carbocycles. The van der Waals surface area contributed by atoms with Crippen LogP contribution in [0.25, 0.3) is 11.3 Å². The van der Waals surface area contributed by atoms with Crippen molar-refractivity contribution in [3.63, 3.8) is 0 Å². The third kappa shape index (κ3) is 6.36. The van der Waals surface area contributed by atoms with Crippen molar-refractivity contribution in [1.82, 2.24) is 9.78 Å². The van der Waals surface area contributed by atoms with E-state index in [9.17, 15) is 22.8 Å². The van der Waals surface area contributed by atoms with E-state index in [0.29, 0.717) is 0 Å². The fourth-order valence-corrected chi connectivity index (χ4v) is 3.43. The number of ether oxygens (including phenoxy) is 3. The SMILES string of the molecule is CC(C)CC(=O)OC(C)OC(=O)c1cc(-c2nn(C)c(OC(F)F)c2Br)c(F)cc1Cl. The van der Waals surface area contributed by atoms with Gasteiger partial charge in [0.1, 0.15) is 16.0 Å². The quantitative estimate of drug-likeness (QED) is 0.341. The number of nitrogens with zero attached hydrogens (tertiary/aromatic N) is 2. The zero-order valence-electron chi connectivity index (χ0n) is 16.9. The largest absolute Gasteiger partial charge is 0.425 e. The van der Waals surface area contributed by atoms with Gasteiger partial charge in [-0.1, -0.05) is 25.4 Å². The second-order valence-electron chi connectivity index (χ2n) is 6.84. The van der Waals surface area contributed by atoms with Gasteiger partial charge in [0.05, 0.1) is 10.6 Å². The van der Waals surface area contributed by atoms with Gasteiger partial charge in [-0.25, -0.2) is 13.9 Å². The predicted octanol–water partition coefficient (Wildman–Crippen LogP) is 5.34. The predicted molar refractivity (Wildman–Crippen MR) is 108 cm³/mol. The second kappa shape index (κ2) is 10.4. The highest BCUT2D eigenvalue weighted by molar-refractivity contribution is 9.10. The van der Waals surface area contributed by atoms with Gasteiger partial charge in [0.2, 0.25) is 12.2 Å². The van der Waals surface area contributed by atoms with Gasteiger partial charge in [0, 0.05) is 26.0 Å². The van der Waals surface area contributed by atoms with Crippen molar-refractivity contribution in [2.75, 3.05) is 0 Å². The van der Waals surface area contributed by atoms with Crippen molar-refractivity contribution < 1.29 is 37.0 Å². The lowest BCUT2D eigenvalue weighted by atomic mass is 10.1. The van der Waals surface area contributed by atoms with E-state index in [0.717, 1.165) is 16.8 Å². The molecular weight excluding hydrogens is 509 g/mol. The van der Waals surface area contributed by atoms with Crippen LogP contribution in [0, 0.1) is 11.7 Å². The maximum absolute atomic E-state index is 14.6. The molecule has 1 aromatic heterocycles.